The lowest BCUT2D eigenvalue weighted by Gasteiger charge is -2.20. The highest BCUT2D eigenvalue weighted by Gasteiger charge is 2.23. The van der Waals surface area contributed by atoms with Gasteiger partial charge in [-0.2, -0.15) is 0 Å². The molecule has 21 heavy (non-hydrogen) atoms. The van der Waals surface area contributed by atoms with Gasteiger partial charge in [0.1, 0.15) is 5.69 Å². The Morgan fingerprint density at radius 2 is 2.24 bits per heavy atom. The van der Waals surface area contributed by atoms with E-state index in [1.165, 1.54) is 6.07 Å². The van der Waals surface area contributed by atoms with Crippen molar-refractivity contribution in [2.45, 2.75) is 32.2 Å². The molecular weight excluding hydrogens is 276 g/mol. The zero-order valence-corrected chi connectivity index (χ0v) is 11.5. The number of hydrogen-bond donors (Lipinski definition) is 3. The number of nitro benzene ring substituents is 1. The Morgan fingerprint density at radius 3 is 2.86 bits per heavy atom. The first kappa shape index (κ1) is 14.8. The van der Waals surface area contributed by atoms with Gasteiger partial charge in [0.15, 0.2) is 0 Å². The van der Waals surface area contributed by atoms with Gasteiger partial charge >= 0.3 is 0 Å². The maximum atomic E-state index is 11.3. The molecule has 4 N–H and O–H groups in total. The first-order chi connectivity index (χ1) is 9.86. The number of aryl methyl sites for hydroxylation is 1. The van der Waals surface area contributed by atoms with Gasteiger partial charge in [0.05, 0.1) is 10.6 Å². The molecule has 0 fully saturated rings. The van der Waals surface area contributed by atoms with Gasteiger partial charge < -0.3 is 16.4 Å². The second-order valence-electron chi connectivity index (χ2n) is 5.05. The van der Waals surface area contributed by atoms with Crippen LogP contribution in [-0.4, -0.2) is 22.8 Å². The van der Waals surface area contributed by atoms with Gasteiger partial charge in [-0.3, -0.25) is 19.7 Å². The highest BCUT2D eigenvalue weighted by atomic mass is 16.6. The SMILES string of the molecule is CC(CC(N)=O)Nc1cc2c(cc1[N+](=O)[O-])NC(=O)CC2. The number of rotatable bonds is 5. The number of anilines is 2. The first-order valence-corrected chi connectivity index (χ1v) is 6.53. The van der Waals surface area contributed by atoms with Gasteiger partial charge in [-0.1, -0.05) is 0 Å². The number of fused-ring (bicyclic) bond motifs is 1. The summed E-state index contributed by atoms with van der Waals surface area (Å²) in [5, 5.41) is 16.7. The highest BCUT2D eigenvalue weighted by Crippen LogP contribution is 2.34. The van der Waals surface area contributed by atoms with Crippen LogP contribution in [-0.2, 0) is 16.0 Å². The number of amides is 2. The quantitative estimate of drug-likeness (QED) is 0.554. The molecule has 0 aliphatic carbocycles. The van der Waals surface area contributed by atoms with Gasteiger partial charge in [0.25, 0.3) is 5.69 Å². The number of nitrogens with zero attached hydrogens (tertiary/aromatic N) is 1. The summed E-state index contributed by atoms with van der Waals surface area (Å²) in [6.45, 7) is 1.72. The normalized spacial score (nSPS) is 14.8. The monoisotopic (exact) mass is 292 g/mol. The molecule has 1 unspecified atom stereocenters. The topological polar surface area (TPSA) is 127 Å². The summed E-state index contributed by atoms with van der Waals surface area (Å²) < 4.78 is 0. The standard InChI is InChI=1S/C13H16N4O4/c1-7(4-12(14)18)15-10-5-8-2-3-13(19)16-9(8)6-11(10)17(20)21/h5-7,15H,2-4H2,1H3,(H2,14,18)(H,16,19). The van der Waals surface area contributed by atoms with Crippen molar-refractivity contribution in [3.05, 3.63) is 27.8 Å². The van der Waals surface area contributed by atoms with E-state index < -0.39 is 10.8 Å². The molecule has 0 aromatic heterocycles. The fourth-order valence-electron chi connectivity index (χ4n) is 2.30. The average molecular weight is 292 g/mol. The van der Waals surface area contributed by atoms with Crippen LogP contribution in [0.4, 0.5) is 17.1 Å². The van der Waals surface area contributed by atoms with Crippen molar-refractivity contribution in [3.8, 4) is 0 Å². The molecule has 0 spiro atoms. The zero-order chi connectivity index (χ0) is 15.6. The van der Waals surface area contributed by atoms with Crippen LogP contribution in [0.15, 0.2) is 12.1 Å². The van der Waals surface area contributed by atoms with Crippen molar-refractivity contribution < 1.29 is 14.5 Å². The van der Waals surface area contributed by atoms with Gasteiger partial charge in [-0.25, -0.2) is 0 Å². The number of primary amides is 1. The summed E-state index contributed by atoms with van der Waals surface area (Å²) in [4.78, 5) is 32.9. The van der Waals surface area contributed by atoms with Crippen LogP contribution in [0.5, 0.6) is 0 Å². The fourth-order valence-corrected chi connectivity index (χ4v) is 2.30. The molecule has 1 heterocycles. The van der Waals surface area contributed by atoms with Crippen LogP contribution >= 0.6 is 0 Å². The van der Waals surface area contributed by atoms with Crippen LogP contribution in [0, 0.1) is 10.1 Å². The number of carbonyl (C=O) groups excluding carboxylic acids is 2. The Labute approximate surface area is 120 Å². The predicted octanol–water partition coefficient (Wildman–Crippen LogP) is 1.16. The largest absolute Gasteiger partial charge is 0.377 e. The van der Waals surface area contributed by atoms with Crippen molar-refractivity contribution in [3.63, 3.8) is 0 Å². The Hall–Kier alpha value is -2.64. The van der Waals surface area contributed by atoms with Crippen molar-refractivity contribution in [2.75, 3.05) is 10.6 Å². The molecule has 1 aromatic rings. The highest BCUT2D eigenvalue weighted by molar-refractivity contribution is 5.95. The molecule has 0 bridgehead atoms. The van der Waals surface area contributed by atoms with Crippen molar-refractivity contribution in [1.29, 1.82) is 0 Å². The third kappa shape index (κ3) is 3.47. The molecular formula is C13H16N4O4. The van der Waals surface area contributed by atoms with Crippen molar-refractivity contribution in [2.24, 2.45) is 5.73 Å². The molecule has 8 heteroatoms. The van der Waals surface area contributed by atoms with Crippen molar-refractivity contribution in [1.82, 2.24) is 0 Å². The molecule has 8 nitrogen and oxygen atoms in total. The maximum absolute atomic E-state index is 11.3. The van der Waals surface area contributed by atoms with E-state index in [0.717, 1.165) is 5.56 Å². The molecule has 0 radical (unpaired) electrons. The summed E-state index contributed by atoms with van der Waals surface area (Å²) in [6.07, 6.45) is 0.949. The van der Waals surface area contributed by atoms with Crippen LogP contribution < -0.4 is 16.4 Å². The summed E-state index contributed by atoms with van der Waals surface area (Å²) in [5.41, 5.74) is 6.58. The number of benzene rings is 1. The van der Waals surface area contributed by atoms with Crippen LogP contribution in [0.1, 0.15) is 25.3 Å². The van der Waals surface area contributed by atoms with Gasteiger partial charge in [0.2, 0.25) is 11.8 Å². The van der Waals surface area contributed by atoms with E-state index in [9.17, 15) is 19.7 Å². The Bertz CT molecular complexity index is 614. The molecule has 2 amide bonds. The lowest BCUT2D eigenvalue weighted by atomic mass is 10.0. The third-order valence-electron chi connectivity index (χ3n) is 3.22. The molecule has 0 saturated carbocycles. The van der Waals surface area contributed by atoms with E-state index >= 15 is 0 Å². The third-order valence-corrected chi connectivity index (χ3v) is 3.22. The molecule has 1 atom stereocenters. The van der Waals surface area contributed by atoms with Crippen LogP contribution in [0.25, 0.3) is 0 Å². The second-order valence-corrected chi connectivity index (χ2v) is 5.05. The lowest BCUT2D eigenvalue weighted by Crippen LogP contribution is -2.25. The van der Waals surface area contributed by atoms with E-state index in [0.29, 0.717) is 24.2 Å². The number of hydrogen-bond acceptors (Lipinski definition) is 5. The average Bonchev–Trinajstić information content (AvgIpc) is 2.37. The Balaban J connectivity index is 2.33. The molecule has 112 valence electrons. The van der Waals surface area contributed by atoms with E-state index in [-0.39, 0.29) is 24.1 Å². The molecule has 2 rings (SSSR count). The number of carbonyl (C=O) groups is 2. The van der Waals surface area contributed by atoms with Gasteiger partial charge in [-0.15, -0.1) is 0 Å². The van der Waals surface area contributed by atoms with Gasteiger partial charge in [0, 0.05) is 24.9 Å². The van der Waals surface area contributed by atoms with E-state index in [2.05, 4.69) is 10.6 Å². The van der Waals surface area contributed by atoms with E-state index in [1.54, 1.807) is 13.0 Å². The number of nitrogens with two attached hydrogens (primary N) is 1. The van der Waals surface area contributed by atoms with Crippen molar-refractivity contribution >= 4 is 28.9 Å². The molecule has 1 aliphatic rings. The van der Waals surface area contributed by atoms with Crippen LogP contribution in [0.2, 0.25) is 0 Å². The lowest BCUT2D eigenvalue weighted by molar-refractivity contribution is -0.383. The summed E-state index contributed by atoms with van der Waals surface area (Å²) in [6, 6.07) is 2.66. The zero-order valence-electron chi connectivity index (χ0n) is 11.5. The minimum atomic E-state index is -0.527. The van der Waals surface area contributed by atoms with E-state index in [4.69, 9.17) is 5.73 Å². The predicted molar refractivity (Wildman–Crippen MR) is 76.9 cm³/mol. The molecule has 1 aliphatic heterocycles. The Morgan fingerprint density at radius 1 is 1.52 bits per heavy atom. The molecule has 1 aromatic carbocycles. The first-order valence-electron chi connectivity index (χ1n) is 6.53. The van der Waals surface area contributed by atoms with Crippen LogP contribution in [0.3, 0.4) is 0 Å². The Kier molecular flexibility index (Phi) is 4.06. The minimum absolute atomic E-state index is 0.0744. The maximum Gasteiger partial charge on any atom is 0.294 e. The molecule has 0 saturated heterocycles. The number of nitro groups is 1. The minimum Gasteiger partial charge on any atom is -0.377 e. The number of nitrogens with one attached hydrogen (secondary N) is 2. The second kappa shape index (κ2) is 5.78. The summed E-state index contributed by atoms with van der Waals surface area (Å²) in [5.74, 6) is -0.637. The van der Waals surface area contributed by atoms with Gasteiger partial charge in [-0.05, 0) is 25.0 Å². The smallest absolute Gasteiger partial charge is 0.294 e. The summed E-state index contributed by atoms with van der Waals surface area (Å²) in [7, 11) is 0. The fraction of sp³-hybridized carbons (Fsp3) is 0.385. The van der Waals surface area contributed by atoms with E-state index in [1.807, 2.05) is 0 Å². The summed E-state index contributed by atoms with van der Waals surface area (Å²) >= 11 is 0.